The molecule has 0 heterocycles. The van der Waals surface area contributed by atoms with Crippen LogP contribution in [-0.2, 0) is 10.8 Å². The number of aryl methyl sites for hydroxylation is 1. The lowest BCUT2D eigenvalue weighted by Crippen LogP contribution is -2.45. The first kappa shape index (κ1) is 31.5. The van der Waals surface area contributed by atoms with Gasteiger partial charge < -0.3 is 14.3 Å². The Balaban J connectivity index is 2.22. The van der Waals surface area contributed by atoms with Crippen LogP contribution in [0.5, 0.6) is 0 Å². The normalized spacial score (nSPS) is 24.6. The van der Waals surface area contributed by atoms with Gasteiger partial charge in [0.1, 0.15) is 0 Å². The fourth-order valence-corrected chi connectivity index (χ4v) is 7.70. The first-order chi connectivity index (χ1) is 16.5. The highest BCUT2D eigenvalue weighted by Crippen LogP contribution is 2.47. The number of hydrogen-bond acceptors (Lipinski definition) is 3. The summed E-state index contributed by atoms with van der Waals surface area (Å²) in [7, 11) is -4.23. The molecule has 1 aliphatic carbocycles. The van der Waals surface area contributed by atoms with Gasteiger partial charge in [-0.2, -0.15) is 0 Å². The standard InChI is InChI=1S/C31H56O3Si2/c1-11-15-26-27(29(22-28(26)32)34-36(9,10)30(2,3)4)21-20-25(23-31(5,6)35(7,8)33)19-18-24-16-13-12-14-17-24/h11-14,16-17,25-29,32-33H,1,15,18-23H2,2-10H3/t25-,26+,27+,28-,29+/m0/s1. The van der Waals surface area contributed by atoms with E-state index in [-0.39, 0.29) is 28.2 Å². The van der Waals surface area contributed by atoms with E-state index in [9.17, 15) is 9.90 Å². The summed E-state index contributed by atoms with van der Waals surface area (Å²) in [6, 6.07) is 10.8. The summed E-state index contributed by atoms with van der Waals surface area (Å²) in [5.74, 6) is 1.12. The van der Waals surface area contributed by atoms with Gasteiger partial charge in [-0.05, 0) is 98.1 Å². The first-order valence-electron chi connectivity index (χ1n) is 14.2. The van der Waals surface area contributed by atoms with Crippen molar-refractivity contribution < 1.29 is 14.3 Å². The van der Waals surface area contributed by atoms with Crippen molar-refractivity contribution in [3.05, 3.63) is 48.6 Å². The van der Waals surface area contributed by atoms with E-state index in [2.05, 4.69) is 97.7 Å². The SMILES string of the molecule is C=CC[C@@H]1[C@@H](CC[C@H](CCc2ccccc2)CC(C)(C)[Si](C)(C)O)[C@H](O[Si](C)(C)C(C)(C)C)C[C@@H]1O. The van der Waals surface area contributed by atoms with E-state index in [4.69, 9.17) is 4.43 Å². The van der Waals surface area contributed by atoms with Crippen molar-refractivity contribution in [3.8, 4) is 0 Å². The molecule has 0 bridgehead atoms. The maximum atomic E-state index is 11.0. The summed E-state index contributed by atoms with van der Waals surface area (Å²) >= 11 is 0. The highest BCUT2D eigenvalue weighted by molar-refractivity contribution is 6.74. The molecule has 1 fully saturated rings. The summed E-state index contributed by atoms with van der Waals surface area (Å²) in [6.07, 6.45) is 8.81. The number of aliphatic hydroxyl groups is 1. The van der Waals surface area contributed by atoms with E-state index in [1.807, 2.05) is 6.08 Å². The predicted octanol–water partition coefficient (Wildman–Crippen LogP) is 8.35. The molecule has 1 aliphatic rings. The Labute approximate surface area is 225 Å². The minimum atomic E-state index is -2.29. The molecule has 5 heteroatoms. The largest absolute Gasteiger partial charge is 0.432 e. The van der Waals surface area contributed by atoms with Gasteiger partial charge in [0.2, 0.25) is 0 Å². The van der Waals surface area contributed by atoms with Crippen LogP contribution in [0.15, 0.2) is 43.0 Å². The van der Waals surface area contributed by atoms with Crippen LogP contribution >= 0.6 is 0 Å². The number of allylic oxidation sites excluding steroid dienone is 1. The van der Waals surface area contributed by atoms with Crippen molar-refractivity contribution in [2.24, 2.45) is 17.8 Å². The molecule has 3 nitrogen and oxygen atoms in total. The summed E-state index contributed by atoms with van der Waals surface area (Å²) in [4.78, 5) is 11.0. The smallest absolute Gasteiger partial charge is 0.192 e. The Bertz CT molecular complexity index is 807. The van der Waals surface area contributed by atoms with E-state index >= 15 is 0 Å². The Morgan fingerprint density at radius 2 is 1.64 bits per heavy atom. The molecule has 0 unspecified atom stereocenters. The molecule has 0 spiro atoms. The number of benzene rings is 1. The van der Waals surface area contributed by atoms with Crippen LogP contribution in [0.2, 0.25) is 36.3 Å². The topological polar surface area (TPSA) is 49.7 Å². The molecule has 2 rings (SSSR count). The van der Waals surface area contributed by atoms with E-state index in [0.29, 0.717) is 11.8 Å². The lowest BCUT2D eigenvalue weighted by molar-refractivity contribution is 0.108. The number of aliphatic hydroxyl groups excluding tert-OH is 1. The van der Waals surface area contributed by atoms with Crippen LogP contribution in [0.4, 0.5) is 0 Å². The molecule has 0 aliphatic heterocycles. The summed E-state index contributed by atoms with van der Waals surface area (Å²) in [6.45, 7) is 24.2. The van der Waals surface area contributed by atoms with Crippen LogP contribution in [0.25, 0.3) is 0 Å². The van der Waals surface area contributed by atoms with Gasteiger partial charge in [0.05, 0.1) is 12.2 Å². The predicted molar refractivity (Wildman–Crippen MR) is 160 cm³/mol. The Kier molecular flexibility index (Phi) is 10.9. The minimum Gasteiger partial charge on any atom is -0.432 e. The zero-order valence-corrected chi connectivity index (χ0v) is 26.8. The molecule has 0 saturated heterocycles. The molecular weight excluding hydrogens is 477 g/mol. The lowest BCUT2D eigenvalue weighted by atomic mass is 9.81. The third kappa shape index (κ3) is 8.39. The quantitative estimate of drug-likeness (QED) is 0.198. The second-order valence-corrected chi connectivity index (χ2v) is 23.4. The van der Waals surface area contributed by atoms with Gasteiger partial charge in [-0.3, -0.25) is 0 Å². The zero-order valence-electron chi connectivity index (χ0n) is 24.8. The maximum absolute atomic E-state index is 11.0. The first-order valence-corrected chi connectivity index (χ1v) is 20.1. The maximum Gasteiger partial charge on any atom is 0.192 e. The fourth-order valence-electron chi connectivity index (χ4n) is 5.53. The monoisotopic (exact) mass is 532 g/mol. The lowest BCUT2D eigenvalue weighted by Gasteiger charge is -2.41. The van der Waals surface area contributed by atoms with Crippen LogP contribution in [0.3, 0.4) is 0 Å². The minimum absolute atomic E-state index is 0.0406. The number of rotatable bonds is 13. The molecular formula is C31H56O3Si2. The van der Waals surface area contributed by atoms with E-state index in [1.165, 1.54) is 5.56 Å². The van der Waals surface area contributed by atoms with Crippen molar-refractivity contribution in [1.82, 2.24) is 0 Å². The van der Waals surface area contributed by atoms with Crippen molar-refractivity contribution in [1.29, 1.82) is 0 Å². The third-order valence-electron chi connectivity index (χ3n) is 9.73. The highest BCUT2D eigenvalue weighted by atomic mass is 28.4. The second-order valence-electron chi connectivity index (χ2n) is 14.2. The van der Waals surface area contributed by atoms with E-state index < -0.39 is 16.6 Å². The van der Waals surface area contributed by atoms with Gasteiger partial charge in [-0.15, -0.1) is 6.58 Å². The molecule has 1 saturated carbocycles. The van der Waals surface area contributed by atoms with Crippen LogP contribution in [0.1, 0.15) is 78.7 Å². The van der Waals surface area contributed by atoms with Crippen molar-refractivity contribution in [2.75, 3.05) is 0 Å². The highest BCUT2D eigenvalue weighted by Gasteiger charge is 2.47. The van der Waals surface area contributed by atoms with Crippen molar-refractivity contribution in [2.45, 2.75) is 128 Å². The molecule has 206 valence electrons. The van der Waals surface area contributed by atoms with Gasteiger partial charge in [-0.25, -0.2) is 0 Å². The molecule has 36 heavy (non-hydrogen) atoms. The van der Waals surface area contributed by atoms with E-state index in [0.717, 1.165) is 44.9 Å². The fraction of sp³-hybridized carbons (Fsp3) is 0.742. The third-order valence-corrected chi connectivity index (χ3v) is 17.8. The Morgan fingerprint density at radius 3 is 2.17 bits per heavy atom. The zero-order chi connectivity index (χ0) is 27.4. The van der Waals surface area contributed by atoms with Gasteiger partial charge in [-0.1, -0.05) is 77.4 Å². The molecule has 0 amide bonds. The van der Waals surface area contributed by atoms with Crippen molar-refractivity contribution >= 4 is 16.6 Å². The van der Waals surface area contributed by atoms with Crippen LogP contribution in [-0.4, -0.2) is 38.7 Å². The molecule has 1 aromatic carbocycles. The van der Waals surface area contributed by atoms with Crippen LogP contribution < -0.4 is 0 Å². The number of hydrogen-bond donors (Lipinski definition) is 2. The Morgan fingerprint density at radius 1 is 1.03 bits per heavy atom. The van der Waals surface area contributed by atoms with Crippen molar-refractivity contribution in [3.63, 3.8) is 0 Å². The van der Waals surface area contributed by atoms with E-state index in [1.54, 1.807) is 0 Å². The summed E-state index contributed by atoms with van der Waals surface area (Å²) in [5.41, 5.74) is 1.39. The molecule has 1 aromatic rings. The second kappa shape index (κ2) is 12.4. The molecule has 5 atom stereocenters. The average Bonchev–Trinajstić information content (AvgIpc) is 3.02. The van der Waals surface area contributed by atoms with Gasteiger partial charge in [0.25, 0.3) is 0 Å². The van der Waals surface area contributed by atoms with Gasteiger partial charge in [0, 0.05) is 0 Å². The molecule has 2 N–H and O–H groups in total. The van der Waals surface area contributed by atoms with Gasteiger partial charge >= 0.3 is 0 Å². The summed E-state index contributed by atoms with van der Waals surface area (Å²) < 4.78 is 6.95. The Hall–Kier alpha value is -0.726. The molecule has 0 radical (unpaired) electrons. The molecule has 0 aromatic heterocycles. The van der Waals surface area contributed by atoms with Crippen LogP contribution in [0, 0.1) is 17.8 Å². The van der Waals surface area contributed by atoms with Gasteiger partial charge in [0.15, 0.2) is 16.6 Å². The average molecular weight is 533 g/mol. The summed E-state index contributed by atoms with van der Waals surface area (Å²) in [5, 5.41) is 11.1.